The van der Waals surface area contributed by atoms with Gasteiger partial charge in [0.05, 0.1) is 17.1 Å². The number of anilines is 1. The fourth-order valence-electron chi connectivity index (χ4n) is 4.48. The first-order valence-corrected chi connectivity index (χ1v) is 13.8. The van der Waals surface area contributed by atoms with Crippen molar-refractivity contribution >= 4 is 32.5 Å². The predicted octanol–water partition coefficient (Wildman–Crippen LogP) is 6.92. The van der Waals surface area contributed by atoms with Gasteiger partial charge in [-0.25, -0.2) is 8.42 Å². The number of rotatable bonds is 9. The van der Waals surface area contributed by atoms with Gasteiger partial charge in [-0.2, -0.15) is 0 Å². The summed E-state index contributed by atoms with van der Waals surface area (Å²) < 4.78 is 29.4. The maximum Gasteiger partial charge on any atom is 0.303 e. The number of fused-ring (bicyclic) bond motifs is 1. The minimum atomic E-state index is -3.90. The lowest BCUT2D eigenvalue weighted by atomic mass is 10.1. The molecule has 0 unspecified atom stereocenters. The lowest BCUT2D eigenvalue weighted by molar-refractivity contribution is -0.136. The van der Waals surface area contributed by atoms with Crippen LogP contribution in [0.1, 0.15) is 17.5 Å². The Bertz CT molecular complexity index is 1660. The average Bonchev–Trinajstić information content (AvgIpc) is 2.95. The topological polar surface area (TPSA) is 74.7 Å². The summed E-state index contributed by atoms with van der Waals surface area (Å²) in [6, 6.07) is 37.8. The zero-order chi connectivity index (χ0) is 26.5. The third-order valence-corrected chi connectivity index (χ3v) is 8.33. The van der Waals surface area contributed by atoms with Crippen molar-refractivity contribution in [3.05, 3.63) is 132 Å². The summed E-state index contributed by atoms with van der Waals surface area (Å²) in [5, 5.41) is 11.1. The van der Waals surface area contributed by atoms with E-state index in [2.05, 4.69) is 0 Å². The highest BCUT2D eigenvalue weighted by molar-refractivity contribution is 7.92. The van der Waals surface area contributed by atoms with Crippen LogP contribution in [0.2, 0.25) is 0 Å². The molecule has 0 atom stereocenters. The van der Waals surface area contributed by atoms with Gasteiger partial charge < -0.3 is 5.11 Å². The summed E-state index contributed by atoms with van der Waals surface area (Å²) >= 11 is 0. The summed E-state index contributed by atoms with van der Waals surface area (Å²) in [5.74, 6) is -0.867. The van der Waals surface area contributed by atoms with E-state index in [4.69, 9.17) is 5.11 Å². The van der Waals surface area contributed by atoms with Crippen LogP contribution in [-0.4, -0.2) is 19.5 Å². The van der Waals surface area contributed by atoms with Gasteiger partial charge in [0.25, 0.3) is 10.0 Å². The van der Waals surface area contributed by atoms with E-state index < -0.39 is 16.0 Å². The number of carboxylic acids is 1. The number of hydrogen-bond donors (Lipinski definition) is 1. The number of aliphatic carboxylic acids is 1. The lowest BCUT2D eigenvalue weighted by Crippen LogP contribution is -2.30. The minimum absolute atomic E-state index is 0.0201. The Hall–Kier alpha value is -4.42. The van der Waals surface area contributed by atoms with E-state index in [1.165, 1.54) is 4.31 Å². The molecule has 5 aromatic rings. The molecule has 0 aromatic heterocycles. The molecule has 0 spiro atoms. The highest BCUT2D eigenvalue weighted by Crippen LogP contribution is 2.29. The van der Waals surface area contributed by atoms with Gasteiger partial charge >= 0.3 is 5.97 Å². The van der Waals surface area contributed by atoms with E-state index in [-0.39, 0.29) is 17.9 Å². The Kier molecular flexibility index (Phi) is 7.24. The van der Waals surface area contributed by atoms with Crippen LogP contribution >= 0.6 is 0 Å². The molecule has 6 heteroatoms. The number of sulfonamides is 1. The van der Waals surface area contributed by atoms with Crippen LogP contribution < -0.4 is 4.31 Å². The van der Waals surface area contributed by atoms with E-state index in [1.807, 2.05) is 84.9 Å². The molecule has 0 aliphatic heterocycles. The average molecular weight is 522 g/mol. The van der Waals surface area contributed by atoms with Crippen molar-refractivity contribution in [1.29, 1.82) is 0 Å². The highest BCUT2D eigenvalue weighted by Gasteiger charge is 2.25. The lowest BCUT2D eigenvalue weighted by Gasteiger charge is -2.25. The number of aryl methyl sites for hydroxylation is 1. The molecule has 0 fully saturated rings. The molecular weight excluding hydrogens is 494 g/mol. The van der Waals surface area contributed by atoms with E-state index in [1.54, 1.807) is 36.4 Å². The summed E-state index contributed by atoms with van der Waals surface area (Å²) in [6.45, 7) is 0.155. The van der Waals surface area contributed by atoms with Crippen molar-refractivity contribution in [2.75, 3.05) is 4.31 Å². The minimum Gasteiger partial charge on any atom is -0.481 e. The molecule has 0 aliphatic rings. The Balaban J connectivity index is 1.51. The molecule has 0 aliphatic carbocycles. The molecule has 5 rings (SSSR count). The second-order valence-corrected chi connectivity index (χ2v) is 11.0. The fourth-order valence-corrected chi connectivity index (χ4v) is 5.93. The van der Waals surface area contributed by atoms with Crippen molar-refractivity contribution in [2.45, 2.75) is 24.3 Å². The zero-order valence-electron chi connectivity index (χ0n) is 20.7. The molecule has 0 saturated heterocycles. The number of benzene rings is 5. The number of nitrogens with zero attached hydrogens (tertiary/aromatic N) is 1. The van der Waals surface area contributed by atoms with Gasteiger partial charge in [0.2, 0.25) is 0 Å². The first kappa shape index (κ1) is 25.2. The second-order valence-electron chi connectivity index (χ2n) is 9.14. The molecule has 0 radical (unpaired) electrons. The smallest absolute Gasteiger partial charge is 0.303 e. The summed E-state index contributed by atoms with van der Waals surface area (Å²) in [4.78, 5) is 11.2. The summed E-state index contributed by atoms with van der Waals surface area (Å²) in [7, 11) is -3.90. The SMILES string of the molecule is O=C(O)CCc1ccc(N(Cc2ccc3ccccc3c2)S(=O)(=O)c2ccc(-c3ccccc3)cc2)cc1. The van der Waals surface area contributed by atoms with Gasteiger partial charge in [-0.1, -0.05) is 91.0 Å². The molecule has 0 amide bonds. The van der Waals surface area contributed by atoms with E-state index in [9.17, 15) is 13.2 Å². The third-order valence-electron chi connectivity index (χ3n) is 6.54. The monoisotopic (exact) mass is 521 g/mol. The third kappa shape index (κ3) is 5.61. The quantitative estimate of drug-likeness (QED) is 0.228. The summed E-state index contributed by atoms with van der Waals surface area (Å²) in [5.41, 5.74) is 4.17. The van der Waals surface area contributed by atoms with Crippen LogP contribution in [0.5, 0.6) is 0 Å². The van der Waals surface area contributed by atoms with Gasteiger partial charge in [0, 0.05) is 6.42 Å². The molecule has 0 heterocycles. The molecule has 5 nitrogen and oxygen atoms in total. The van der Waals surface area contributed by atoms with Crippen LogP contribution in [-0.2, 0) is 27.8 Å². The Labute approximate surface area is 222 Å². The van der Waals surface area contributed by atoms with Gasteiger partial charge in [-0.15, -0.1) is 0 Å². The number of carboxylic acid groups (broad SMARTS) is 1. The first-order chi connectivity index (χ1) is 18.4. The van der Waals surface area contributed by atoms with Gasteiger partial charge in [-0.3, -0.25) is 9.10 Å². The second kappa shape index (κ2) is 10.9. The molecule has 190 valence electrons. The molecule has 1 N–H and O–H groups in total. The maximum absolute atomic E-state index is 14.0. The molecule has 5 aromatic carbocycles. The fraction of sp³-hybridized carbons (Fsp3) is 0.0938. The zero-order valence-corrected chi connectivity index (χ0v) is 21.5. The summed E-state index contributed by atoms with van der Waals surface area (Å²) in [6.07, 6.45) is 0.403. The van der Waals surface area contributed by atoms with Crippen LogP contribution in [0.3, 0.4) is 0 Å². The molecule has 38 heavy (non-hydrogen) atoms. The van der Waals surface area contributed by atoms with Crippen molar-refractivity contribution in [3.63, 3.8) is 0 Å². The van der Waals surface area contributed by atoms with Crippen LogP contribution in [0.4, 0.5) is 5.69 Å². The van der Waals surface area contributed by atoms with Gasteiger partial charge in [0.1, 0.15) is 0 Å². The van der Waals surface area contributed by atoms with E-state index >= 15 is 0 Å². The maximum atomic E-state index is 14.0. The molecule has 0 saturated carbocycles. The number of carbonyl (C=O) groups is 1. The predicted molar refractivity (Wildman–Crippen MR) is 152 cm³/mol. The van der Waals surface area contributed by atoms with Crippen molar-refractivity contribution in [3.8, 4) is 11.1 Å². The largest absolute Gasteiger partial charge is 0.481 e. The van der Waals surface area contributed by atoms with Crippen LogP contribution in [0, 0.1) is 0 Å². The van der Waals surface area contributed by atoms with Crippen molar-refractivity contribution < 1.29 is 18.3 Å². The van der Waals surface area contributed by atoms with E-state index in [0.717, 1.165) is 33.0 Å². The number of hydrogen-bond acceptors (Lipinski definition) is 3. The molecule has 0 bridgehead atoms. The van der Waals surface area contributed by atoms with Crippen molar-refractivity contribution in [2.24, 2.45) is 0 Å². The Morgan fingerprint density at radius 1 is 0.658 bits per heavy atom. The normalized spacial score (nSPS) is 11.4. The van der Waals surface area contributed by atoms with E-state index in [0.29, 0.717) is 12.1 Å². The van der Waals surface area contributed by atoms with Gasteiger partial charge in [-0.05, 0) is 69.8 Å². The van der Waals surface area contributed by atoms with Gasteiger partial charge in [0.15, 0.2) is 0 Å². The standard InChI is InChI=1S/C32H27NO4S/c34-32(35)21-13-24-11-17-30(18-12-24)33(23-25-10-14-27-8-4-5-9-29(27)22-25)38(36,37)31-19-15-28(16-20-31)26-6-2-1-3-7-26/h1-12,14-20,22H,13,21,23H2,(H,34,35). The van der Waals surface area contributed by atoms with Crippen molar-refractivity contribution in [1.82, 2.24) is 0 Å². The molecular formula is C32H27NO4S. The van der Waals surface area contributed by atoms with Crippen LogP contribution in [0.25, 0.3) is 21.9 Å². The highest BCUT2D eigenvalue weighted by atomic mass is 32.2. The Morgan fingerprint density at radius 3 is 1.95 bits per heavy atom. The first-order valence-electron chi connectivity index (χ1n) is 12.4. The van der Waals surface area contributed by atoms with Crippen LogP contribution in [0.15, 0.2) is 126 Å². The Morgan fingerprint density at radius 2 is 1.26 bits per heavy atom.